The second kappa shape index (κ2) is 8.42. The molecule has 2 atom stereocenters. The van der Waals surface area contributed by atoms with Gasteiger partial charge in [-0.05, 0) is 23.8 Å². The molecule has 0 saturated heterocycles. The Morgan fingerprint density at radius 2 is 1.81 bits per heavy atom. The molecule has 27 heavy (non-hydrogen) atoms. The topological polar surface area (TPSA) is 127 Å². The number of aliphatic carboxylic acids is 1. The maximum Gasteiger partial charge on any atom is 0.322 e. The number of carboxylic acid groups (broad SMARTS) is 1. The number of hydrogen-bond donors (Lipinski definition) is 2. The Morgan fingerprint density at radius 3 is 2.33 bits per heavy atom. The van der Waals surface area contributed by atoms with Crippen molar-refractivity contribution in [1.29, 1.82) is 0 Å². The van der Waals surface area contributed by atoms with Crippen LogP contribution >= 0.6 is 15.9 Å². The van der Waals surface area contributed by atoms with Gasteiger partial charge in [-0.1, -0.05) is 46.3 Å². The van der Waals surface area contributed by atoms with E-state index < -0.39 is 43.5 Å². The minimum absolute atomic E-state index is 0.519. The van der Waals surface area contributed by atoms with Gasteiger partial charge < -0.3 is 5.11 Å². The molecule has 0 aromatic heterocycles. The Balaban J connectivity index is 2.46. The molecule has 2 aromatic rings. The second-order valence-corrected chi connectivity index (χ2v) is 8.07. The molecule has 142 valence electrons. The van der Waals surface area contributed by atoms with Crippen LogP contribution in [0.2, 0.25) is 0 Å². The van der Waals surface area contributed by atoms with Crippen LogP contribution in [0.4, 0.5) is 5.69 Å². The molecule has 0 saturated carbocycles. The number of rotatable bonds is 8. The van der Waals surface area contributed by atoms with Gasteiger partial charge in [0.05, 0.1) is 4.92 Å². The normalized spacial score (nSPS) is 13.5. The van der Waals surface area contributed by atoms with Gasteiger partial charge in [0.15, 0.2) is 4.90 Å². The van der Waals surface area contributed by atoms with Gasteiger partial charge >= 0.3 is 5.97 Å². The van der Waals surface area contributed by atoms with Crippen molar-refractivity contribution in [2.24, 2.45) is 0 Å². The van der Waals surface area contributed by atoms with Crippen molar-refractivity contribution < 1.29 is 23.2 Å². The van der Waals surface area contributed by atoms with E-state index in [1.165, 1.54) is 18.2 Å². The Hall–Kier alpha value is -2.56. The Morgan fingerprint density at radius 1 is 1.22 bits per heavy atom. The van der Waals surface area contributed by atoms with E-state index in [1.54, 1.807) is 24.3 Å². The Kier molecular flexibility index (Phi) is 6.47. The summed E-state index contributed by atoms with van der Waals surface area (Å²) in [6, 6.07) is 9.73. The highest BCUT2D eigenvalue weighted by atomic mass is 79.9. The maximum absolute atomic E-state index is 12.7. The van der Waals surface area contributed by atoms with E-state index in [2.05, 4.69) is 27.2 Å². The summed E-state index contributed by atoms with van der Waals surface area (Å²) in [6.07, 6.45) is 1.31. The maximum atomic E-state index is 12.7. The van der Waals surface area contributed by atoms with Gasteiger partial charge in [-0.25, -0.2) is 8.42 Å². The van der Waals surface area contributed by atoms with Crippen LogP contribution in [-0.2, 0) is 14.8 Å². The van der Waals surface area contributed by atoms with Crippen LogP contribution in [0.15, 0.2) is 70.6 Å². The third-order valence-electron chi connectivity index (χ3n) is 3.77. The second-order valence-electron chi connectivity index (χ2n) is 5.48. The summed E-state index contributed by atoms with van der Waals surface area (Å²) in [6.45, 7) is 3.59. The summed E-state index contributed by atoms with van der Waals surface area (Å²) in [4.78, 5) is 21.4. The summed E-state index contributed by atoms with van der Waals surface area (Å²) in [5.74, 6) is -2.34. The highest BCUT2D eigenvalue weighted by Crippen LogP contribution is 2.27. The number of halogens is 1. The molecule has 0 aliphatic carbocycles. The van der Waals surface area contributed by atoms with Crippen molar-refractivity contribution in [2.45, 2.75) is 16.9 Å². The van der Waals surface area contributed by atoms with E-state index in [4.69, 9.17) is 0 Å². The number of nitrogens with zero attached hydrogens (tertiary/aromatic N) is 1. The van der Waals surface area contributed by atoms with Gasteiger partial charge in [0.2, 0.25) is 10.0 Å². The molecule has 0 heterocycles. The van der Waals surface area contributed by atoms with E-state index in [0.717, 1.165) is 16.6 Å². The number of para-hydroxylation sites is 1. The number of nitro benzene ring substituents is 1. The zero-order valence-corrected chi connectivity index (χ0v) is 16.2. The molecule has 2 unspecified atom stereocenters. The number of carboxylic acids is 1. The minimum atomic E-state index is -4.48. The number of sulfonamides is 1. The van der Waals surface area contributed by atoms with E-state index in [-0.39, 0.29) is 0 Å². The van der Waals surface area contributed by atoms with Gasteiger partial charge in [-0.15, -0.1) is 6.58 Å². The van der Waals surface area contributed by atoms with Crippen molar-refractivity contribution in [1.82, 2.24) is 4.72 Å². The third-order valence-corrected chi connectivity index (χ3v) is 5.78. The van der Waals surface area contributed by atoms with Crippen molar-refractivity contribution >= 4 is 37.6 Å². The molecule has 0 aliphatic heterocycles. The zero-order chi connectivity index (χ0) is 20.2. The number of carbonyl (C=O) groups is 1. The first-order valence-corrected chi connectivity index (χ1v) is 9.81. The average Bonchev–Trinajstić information content (AvgIpc) is 2.62. The van der Waals surface area contributed by atoms with E-state index in [0.29, 0.717) is 5.56 Å². The summed E-state index contributed by atoms with van der Waals surface area (Å²) in [5.41, 5.74) is -0.126. The van der Waals surface area contributed by atoms with Gasteiger partial charge in [-0.3, -0.25) is 14.9 Å². The van der Waals surface area contributed by atoms with Crippen LogP contribution in [0.3, 0.4) is 0 Å². The smallest absolute Gasteiger partial charge is 0.322 e. The SMILES string of the molecule is C=CC(c1ccc(Br)cc1)C(NS(=O)(=O)c1ccccc1[N+](=O)[O-])C(=O)O. The lowest BCUT2D eigenvalue weighted by atomic mass is 9.92. The van der Waals surface area contributed by atoms with Crippen LogP contribution < -0.4 is 4.72 Å². The Labute approximate surface area is 163 Å². The summed E-state index contributed by atoms with van der Waals surface area (Å²) in [7, 11) is -4.48. The molecule has 0 fully saturated rings. The van der Waals surface area contributed by atoms with Gasteiger partial charge in [-0.2, -0.15) is 4.72 Å². The molecule has 2 N–H and O–H groups in total. The first-order valence-electron chi connectivity index (χ1n) is 7.54. The highest BCUT2D eigenvalue weighted by Gasteiger charge is 2.34. The first kappa shape index (κ1) is 20.7. The summed E-state index contributed by atoms with van der Waals surface area (Å²) < 4.78 is 28.1. The third kappa shape index (κ3) is 4.79. The van der Waals surface area contributed by atoms with Crippen LogP contribution in [0.1, 0.15) is 11.5 Å². The molecule has 0 amide bonds. The van der Waals surface area contributed by atoms with Crippen molar-refractivity contribution in [3.05, 3.63) is 81.3 Å². The fourth-order valence-electron chi connectivity index (χ4n) is 2.49. The van der Waals surface area contributed by atoms with Crippen molar-refractivity contribution in [3.8, 4) is 0 Å². The standard InChI is InChI=1S/C17H15BrN2O6S/c1-2-13(11-7-9-12(18)10-8-11)16(17(21)22)19-27(25,26)15-6-4-3-5-14(15)20(23)24/h2-10,13,16,19H,1H2,(H,21,22). The average molecular weight is 455 g/mol. The largest absolute Gasteiger partial charge is 0.480 e. The molecular weight excluding hydrogens is 440 g/mol. The lowest BCUT2D eigenvalue weighted by Gasteiger charge is -2.22. The number of nitrogens with one attached hydrogen (secondary N) is 1. The summed E-state index contributed by atoms with van der Waals surface area (Å²) >= 11 is 3.27. The summed E-state index contributed by atoms with van der Waals surface area (Å²) in [5, 5.41) is 20.7. The van der Waals surface area contributed by atoms with Crippen LogP contribution in [0.5, 0.6) is 0 Å². The molecule has 0 spiro atoms. The number of hydrogen-bond acceptors (Lipinski definition) is 5. The van der Waals surface area contributed by atoms with Gasteiger partial charge in [0, 0.05) is 16.5 Å². The molecule has 8 nitrogen and oxygen atoms in total. The quantitative estimate of drug-likeness (QED) is 0.358. The fraction of sp³-hybridized carbons (Fsp3) is 0.118. The van der Waals surface area contributed by atoms with E-state index in [9.17, 15) is 28.4 Å². The van der Waals surface area contributed by atoms with Gasteiger partial charge in [0.25, 0.3) is 5.69 Å². The van der Waals surface area contributed by atoms with Crippen LogP contribution in [0, 0.1) is 10.1 Å². The van der Waals surface area contributed by atoms with Crippen molar-refractivity contribution in [3.63, 3.8) is 0 Å². The Bertz CT molecular complexity index is 975. The molecular formula is C17H15BrN2O6S. The van der Waals surface area contributed by atoms with Crippen LogP contribution in [0.25, 0.3) is 0 Å². The number of nitro groups is 1. The lowest BCUT2D eigenvalue weighted by molar-refractivity contribution is -0.387. The highest BCUT2D eigenvalue weighted by molar-refractivity contribution is 9.10. The fourth-order valence-corrected chi connectivity index (χ4v) is 4.14. The molecule has 2 aromatic carbocycles. The molecule has 0 bridgehead atoms. The molecule has 10 heteroatoms. The lowest BCUT2D eigenvalue weighted by Crippen LogP contribution is -2.44. The van der Waals surface area contributed by atoms with Crippen LogP contribution in [-0.4, -0.2) is 30.5 Å². The molecule has 2 rings (SSSR count). The van der Waals surface area contributed by atoms with E-state index >= 15 is 0 Å². The zero-order valence-electron chi connectivity index (χ0n) is 13.8. The van der Waals surface area contributed by atoms with Crippen molar-refractivity contribution in [2.75, 3.05) is 0 Å². The monoisotopic (exact) mass is 454 g/mol. The first-order chi connectivity index (χ1) is 12.7. The number of benzene rings is 2. The predicted octanol–water partition coefficient (Wildman–Crippen LogP) is 3.06. The molecule has 0 aliphatic rings. The van der Waals surface area contributed by atoms with Gasteiger partial charge in [0.1, 0.15) is 6.04 Å². The minimum Gasteiger partial charge on any atom is -0.480 e. The molecule has 0 radical (unpaired) electrons. The predicted molar refractivity (Wildman–Crippen MR) is 102 cm³/mol. The van der Waals surface area contributed by atoms with E-state index in [1.807, 2.05) is 0 Å².